The number of hydrogen-bond donors (Lipinski definition) is 2. The molecule has 0 saturated carbocycles. The average Bonchev–Trinajstić information content (AvgIpc) is 2.47. The van der Waals surface area contributed by atoms with Gasteiger partial charge < -0.3 is 11.5 Å². The van der Waals surface area contributed by atoms with Gasteiger partial charge >= 0.3 is 0 Å². The largest absolute Gasteiger partial charge is 0.326 e. The summed E-state index contributed by atoms with van der Waals surface area (Å²) in [5.74, 6) is 0. The van der Waals surface area contributed by atoms with Gasteiger partial charge in [-0.2, -0.15) is 0 Å². The third kappa shape index (κ3) is 2.35. The Morgan fingerprint density at radius 1 is 1.29 bits per heavy atom. The van der Waals surface area contributed by atoms with Crippen LogP contribution in [0.5, 0.6) is 0 Å². The van der Waals surface area contributed by atoms with E-state index in [1.54, 1.807) is 11.3 Å². The van der Waals surface area contributed by atoms with Crippen LogP contribution in [0.15, 0.2) is 11.4 Å². The lowest BCUT2D eigenvalue weighted by atomic mass is 9.82. The minimum Gasteiger partial charge on any atom is -0.326 e. The van der Waals surface area contributed by atoms with Crippen molar-refractivity contribution in [1.82, 2.24) is 0 Å². The van der Waals surface area contributed by atoms with Crippen molar-refractivity contribution in [2.75, 3.05) is 0 Å². The van der Waals surface area contributed by atoms with Crippen LogP contribution >= 0.6 is 11.3 Å². The van der Waals surface area contributed by atoms with E-state index in [2.05, 4.69) is 39.1 Å². The minimum atomic E-state index is -0.0463. The van der Waals surface area contributed by atoms with Crippen molar-refractivity contribution in [3.05, 3.63) is 21.9 Å². The highest BCUT2D eigenvalue weighted by Gasteiger charge is 2.28. The summed E-state index contributed by atoms with van der Waals surface area (Å²) in [4.78, 5) is 1.22. The standard InChI is InChI=1S/C11H20N2S/c1-7-5-6-14-9(7)8(12)10(13)11(2,3)4/h5-6,8,10H,12-13H2,1-4H3. The van der Waals surface area contributed by atoms with Gasteiger partial charge in [0.1, 0.15) is 0 Å². The first kappa shape index (κ1) is 11.7. The summed E-state index contributed by atoms with van der Waals surface area (Å²) in [6.45, 7) is 8.46. The van der Waals surface area contributed by atoms with Crippen LogP contribution in [0.3, 0.4) is 0 Å². The normalized spacial score (nSPS) is 16.7. The van der Waals surface area contributed by atoms with E-state index in [4.69, 9.17) is 11.5 Å². The molecular weight excluding hydrogens is 192 g/mol. The van der Waals surface area contributed by atoms with E-state index in [-0.39, 0.29) is 17.5 Å². The summed E-state index contributed by atoms with van der Waals surface area (Å²) < 4.78 is 0. The lowest BCUT2D eigenvalue weighted by Gasteiger charge is -2.31. The summed E-state index contributed by atoms with van der Waals surface area (Å²) in [7, 11) is 0. The number of aryl methyl sites for hydroxylation is 1. The molecule has 80 valence electrons. The first-order valence-electron chi connectivity index (χ1n) is 4.89. The Bertz CT molecular complexity index is 298. The van der Waals surface area contributed by atoms with Gasteiger partial charge in [-0.15, -0.1) is 11.3 Å². The fourth-order valence-electron chi connectivity index (χ4n) is 1.43. The maximum Gasteiger partial charge on any atom is 0.0551 e. The zero-order valence-corrected chi connectivity index (χ0v) is 10.2. The van der Waals surface area contributed by atoms with Crippen LogP contribution < -0.4 is 11.5 Å². The molecule has 0 aliphatic carbocycles. The lowest BCUT2D eigenvalue weighted by Crippen LogP contribution is -2.44. The Kier molecular flexibility index (Phi) is 3.35. The van der Waals surface area contributed by atoms with Gasteiger partial charge in [-0.05, 0) is 29.3 Å². The molecule has 2 atom stereocenters. The fraction of sp³-hybridized carbons (Fsp3) is 0.636. The molecule has 0 aliphatic heterocycles. The fourth-order valence-corrected chi connectivity index (χ4v) is 2.40. The van der Waals surface area contributed by atoms with Crippen molar-refractivity contribution >= 4 is 11.3 Å². The molecule has 14 heavy (non-hydrogen) atoms. The Hall–Kier alpha value is -0.380. The third-order valence-electron chi connectivity index (χ3n) is 2.59. The van der Waals surface area contributed by atoms with Crippen LogP contribution in [0.1, 0.15) is 37.3 Å². The van der Waals surface area contributed by atoms with E-state index < -0.39 is 0 Å². The summed E-state index contributed by atoms with van der Waals surface area (Å²) in [6.07, 6.45) is 0. The van der Waals surface area contributed by atoms with Crippen molar-refractivity contribution < 1.29 is 0 Å². The molecule has 1 aromatic heterocycles. The number of rotatable bonds is 2. The van der Waals surface area contributed by atoms with Crippen LogP contribution in [-0.2, 0) is 0 Å². The molecule has 3 heteroatoms. The van der Waals surface area contributed by atoms with Crippen LogP contribution in [-0.4, -0.2) is 6.04 Å². The molecule has 4 N–H and O–H groups in total. The number of thiophene rings is 1. The highest BCUT2D eigenvalue weighted by molar-refractivity contribution is 7.10. The summed E-state index contributed by atoms with van der Waals surface area (Å²) >= 11 is 1.70. The van der Waals surface area contributed by atoms with E-state index in [0.29, 0.717) is 0 Å². The molecule has 2 nitrogen and oxygen atoms in total. The van der Waals surface area contributed by atoms with E-state index in [0.717, 1.165) is 0 Å². The Labute approximate surface area is 90.3 Å². The smallest absolute Gasteiger partial charge is 0.0551 e. The van der Waals surface area contributed by atoms with Crippen molar-refractivity contribution in [3.63, 3.8) is 0 Å². The van der Waals surface area contributed by atoms with Crippen LogP contribution in [0.4, 0.5) is 0 Å². The van der Waals surface area contributed by atoms with E-state index in [9.17, 15) is 0 Å². The predicted molar refractivity (Wildman–Crippen MR) is 63.4 cm³/mol. The van der Waals surface area contributed by atoms with Gasteiger partial charge in [-0.25, -0.2) is 0 Å². The second-order valence-corrected chi connectivity index (χ2v) is 5.83. The second-order valence-electron chi connectivity index (χ2n) is 4.89. The van der Waals surface area contributed by atoms with Gasteiger partial charge in [0.15, 0.2) is 0 Å². The average molecular weight is 212 g/mol. The van der Waals surface area contributed by atoms with E-state index in [1.807, 2.05) is 0 Å². The van der Waals surface area contributed by atoms with Gasteiger partial charge in [0.05, 0.1) is 6.04 Å². The summed E-state index contributed by atoms with van der Waals surface area (Å²) in [6, 6.07) is 2.05. The second kappa shape index (κ2) is 4.01. The molecule has 0 radical (unpaired) electrons. The Morgan fingerprint density at radius 3 is 2.21 bits per heavy atom. The topological polar surface area (TPSA) is 52.0 Å². The van der Waals surface area contributed by atoms with Crippen LogP contribution in [0, 0.1) is 12.3 Å². The van der Waals surface area contributed by atoms with Gasteiger partial charge in [0, 0.05) is 10.9 Å². The van der Waals surface area contributed by atoms with Crippen LogP contribution in [0.2, 0.25) is 0 Å². The number of nitrogens with two attached hydrogens (primary N) is 2. The molecule has 0 saturated heterocycles. The molecule has 0 fully saturated rings. The van der Waals surface area contributed by atoms with Gasteiger partial charge in [-0.3, -0.25) is 0 Å². The molecule has 0 aliphatic rings. The van der Waals surface area contributed by atoms with Crippen LogP contribution in [0.25, 0.3) is 0 Å². The molecule has 0 bridgehead atoms. The maximum atomic E-state index is 6.16. The molecule has 1 aromatic rings. The van der Waals surface area contributed by atoms with Crippen molar-refractivity contribution in [1.29, 1.82) is 0 Å². The van der Waals surface area contributed by atoms with Gasteiger partial charge in [-0.1, -0.05) is 20.8 Å². The van der Waals surface area contributed by atoms with E-state index in [1.165, 1.54) is 10.4 Å². The molecule has 0 amide bonds. The third-order valence-corrected chi connectivity index (χ3v) is 3.71. The Balaban J connectivity index is 2.86. The summed E-state index contributed by atoms with van der Waals surface area (Å²) in [5, 5.41) is 2.07. The highest BCUT2D eigenvalue weighted by atomic mass is 32.1. The molecule has 0 aromatic carbocycles. The first-order chi connectivity index (χ1) is 6.34. The molecule has 1 heterocycles. The van der Waals surface area contributed by atoms with Gasteiger partial charge in [0.2, 0.25) is 0 Å². The first-order valence-corrected chi connectivity index (χ1v) is 5.77. The monoisotopic (exact) mass is 212 g/mol. The molecule has 0 spiro atoms. The zero-order valence-electron chi connectivity index (χ0n) is 9.37. The zero-order chi connectivity index (χ0) is 10.9. The maximum absolute atomic E-state index is 6.16. The molecular formula is C11H20N2S. The molecule has 2 unspecified atom stereocenters. The quantitative estimate of drug-likeness (QED) is 0.791. The highest BCUT2D eigenvalue weighted by Crippen LogP contribution is 2.31. The van der Waals surface area contributed by atoms with Crippen molar-refractivity contribution in [2.24, 2.45) is 16.9 Å². The van der Waals surface area contributed by atoms with Crippen molar-refractivity contribution in [3.8, 4) is 0 Å². The predicted octanol–water partition coefficient (Wildman–Crippen LogP) is 2.43. The lowest BCUT2D eigenvalue weighted by molar-refractivity contribution is 0.284. The van der Waals surface area contributed by atoms with Crippen molar-refractivity contribution in [2.45, 2.75) is 39.8 Å². The molecule has 1 rings (SSSR count). The Morgan fingerprint density at radius 2 is 1.86 bits per heavy atom. The minimum absolute atomic E-state index is 0.000139. The number of hydrogen-bond acceptors (Lipinski definition) is 3. The summed E-state index contributed by atoms with van der Waals surface area (Å²) in [5.41, 5.74) is 13.6. The van der Waals surface area contributed by atoms with E-state index >= 15 is 0 Å². The SMILES string of the molecule is Cc1ccsc1C(N)C(N)C(C)(C)C. The van der Waals surface area contributed by atoms with Gasteiger partial charge in [0.25, 0.3) is 0 Å².